The van der Waals surface area contributed by atoms with Crippen LogP contribution < -0.4 is 10.6 Å². The summed E-state index contributed by atoms with van der Waals surface area (Å²) in [6.07, 6.45) is 6.50. The summed E-state index contributed by atoms with van der Waals surface area (Å²) in [5.41, 5.74) is 1.90. The third-order valence-corrected chi connectivity index (χ3v) is 6.10. The SMILES string of the molecule is O=C(NC1(C(=O)N[C@@H]2CCc3ccccc3-n3ccnc32)CC1)c1cccc(Cl)c1. The van der Waals surface area contributed by atoms with Gasteiger partial charge in [-0.15, -0.1) is 0 Å². The number of aromatic nitrogens is 2. The summed E-state index contributed by atoms with van der Waals surface area (Å²) in [6.45, 7) is 0. The van der Waals surface area contributed by atoms with Gasteiger partial charge in [0.2, 0.25) is 5.91 Å². The van der Waals surface area contributed by atoms with E-state index in [1.54, 1.807) is 30.5 Å². The third kappa shape index (κ3) is 3.37. The molecule has 5 rings (SSSR count). The Balaban J connectivity index is 1.34. The van der Waals surface area contributed by atoms with E-state index >= 15 is 0 Å². The Hall–Kier alpha value is -3.12. The van der Waals surface area contributed by atoms with Crippen LogP contribution in [0.15, 0.2) is 60.9 Å². The number of aryl methyl sites for hydroxylation is 1. The Morgan fingerprint density at radius 2 is 1.97 bits per heavy atom. The Morgan fingerprint density at radius 3 is 2.77 bits per heavy atom. The molecule has 2 heterocycles. The van der Waals surface area contributed by atoms with Crippen LogP contribution in [0, 0.1) is 0 Å². The van der Waals surface area contributed by atoms with Gasteiger partial charge in [0.15, 0.2) is 0 Å². The van der Waals surface area contributed by atoms with Gasteiger partial charge >= 0.3 is 0 Å². The van der Waals surface area contributed by atoms with E-state index in [2.05, 4.69) is 27.8 Å². The molecular formula is C23H21ClN4O2. The van der Waals surface area contributed by atoms with Gasteiger partial charge in [-0.05, 0) is 55.5 Å². The van der Waals surface area contributed by atoms with E-state index in [4.69, 9.17) is 11.6 Å². The fourth-order valence-electron chi connectivity index (χ4n) is 4.05. The highest BCUT2D eigenvalue weighted by atomic mass is 35.5. The zero-order valence-corrected chi connectivity index (χ0v) is 17.0. The van der Waals surface area contributed by atoms with Crippen molar-refractivity contribution >= 4 is 23.4 Å². The average molecular weight is 421 g/mol. The minimum atomic E-state index is -0.865. The Labute approximate surface area is 179 Å². The van der Waals surface area contributed by atoms with Crippen LogP contribution in [0.1, 0.15) is 47.1 Å². The highest BCUT2D eigenvalue weighted by Gasteiger charge is 2.52. The Morgan fingerprint density at radius 1 is 1.13 bits per heavy atom. The molecule has 0 bridgehead atoms. The van der Waals surface area contributed by atoms with E-state index in [0.29, 0.717) is 23.4 Å². The van der Waals surface area contributed by atoms with Crippen molar-refractivity contribution in [1.82, 2.24) is 20.2 Å². The minimum Gasteiger partial charge on any atom is -0.344 e. The number of nitrogens with one attached hydrogen (secondary N) is 2. The molecule has 1 aliphatic heterocycles. The van der Waals surface area contributed by atoms with Gasteiger partial charge in [0.1, 0.15) is 11.4 Å². The van der Waals surface area contributed by atoms with Gasteiger partial charge in [-0.25, -0.2) is 4.98 Å². The van der Waals surface area contributed by atoms with E-state index in [-0.39, 0.29) is 17.9 Å². The molecule has 1 aromatic heterocycles. The van der Waals surface area contributed by atoms with Crippen molar-refractivity contribution in [2.45, 2.75) is 37.3 Å². The first-order valence-corrected chi connectivity index (χ1v) is 10.4. The molecule has 7 heteroatoms. The van der Waals surface area contributed by atoms with Crippen molar-refractivity contribution in [2.24, 2.45) is 0 Å². The predicted molar refractivity (Wildman–Crippen MR) is 114 cm³/mol. The van der Waals surface area contributed by atoms with Crippen LogP contribution in [0.4, 0.5) is 0 Å². The van der Waals surface area contributed by atoms with Crippen LogP contribution in [0.5, 0.6) is 0 Å². The molecular weight excluding hydrogens is 400 g/mol. The van der Waals surface area contributed by atoms with E-state index in [0.717, 1.165) is 24.4 Å². The number of hydrogen-bond donors (Lipinski definition) is 2. The highest BCUT2D eigenvalue weighted by Crippen LogP contribution is 2.37. The van der Waals surface area contributed by atoms with Crippen LogP contribution in [-0.4, -0.2) is 26.9 Å². The predicted octanol–water partition coefficient (Wildman–Crippen LogP) is 3.59. The van der Waals surface area contributed by atoms with Gasteiger partial charge in [0, 0.05) is 28.7 Å². The molecule has 0 radical (unpaired) electrons. The molecule has 1 saturated carbocycles. The van der Waals surface area contributed by atoms with Crippen LogP contribution in [0.3, 0.4) is 0 Å². The lowest BCUT2D eigenvalue weighted by Crippen LogP contribution is -2.50. The molecule has 152 valence electrons. The molecule has 6 nitrogen and oxygen atoms in total. The first-order valence-electron chi connectivity index (χ1n) is 10.1. The van der Waals surface area contributed by atoms with Gasteiger partial charge in [0.05, 0.1) is 6.04 Å². The minimum absolute atomic E-state index is 0.164. The zero-order valence-electron chi connectivity index (χ0n) is 16.3. The first-order chi connectivity index (χ1) is 14.6. The van der Waals surface area contributed by atoms with E-state index < -0.39 is 5.54 Å². The van der Waals surface area contributed by atoms with E-state index in [1.807, 2.05) is 22.9 Å². The van der Waals surface area contributed by atoms with Crippen molar-refractivity contribution < 1.29 is 9.59 Å². The summed E-state index contributed by atoms with van der Waals surface area (Å²) in [5.74, 6) is 0.355. The highest BCUT2D eigenvalue weighted by molar-refractivity contribution is 6.31. The van der Waals surface area contributed by atoms with E-state index in [1.165, 1.54) is 5.56 Å². The molecule has 2 aliphatic rings. The van der Waals surface area contributed by atoms with Crippen LogP contribution >= 0.6 is 11.6 Å². The zero-order chi connectivity index (χ0) is 20.7. The maximum atomic E-state index is 13.2. The molecule has 2 N–H and O–H groups in total. The molecule has 0 spiro atoms. The monoisotopic (exact) mass is 420 g/mol. The number of halogens is 1. The number of carbonyl (C=O) groups excluding carboxylic acids is 2. The summed E-state index contributed by atoms with van der Waals surface area (Å²) in [7, 11) is 0. The molecule has 2 aromatic carbocycles. The summed E-state index contributed by atoms with van der Waals surface area (Å²) in [6, 6.07) is 14.7. The molecule has 1 fully saturated rings. The number of imidazole rings is 1. The van der Waals surface area contributed by atoms with Crippen molar-refractivity contribution in [2.75, 3.05) is 0 Å². The maximum Gasteiger partial charge on any atom is 0.252 e. The second-order valence-corrected chi connectivity index (χ2v) is 8.33. The third-order valence-electron chi connectivity index (χ3n) is 5.86. The van der Waals surface area contributed by atoms with Crippen LogP contribution in [0.2, 0.25) is 5.02 Å². The van der Waals surface area contributed by atoms with Gasteiger partial charge in [-0.2, -0.15) is 0 Å². The summed E-state index contributed by atoms with van der Waals surface area (Å²) < 4.78 is 2.04. The van der Waals surface area contributed by atoms with Gasteiger partial charge < -0.3 is 15.2 Å². The van der Waals surface area contributed by atoms with Gasteiger partial charge in [-0.1, -0.05) is 35.9 Å². The normalized spacial score (nSPS) is 18.5. The molecule has 0 unspecified atom stereocenters. The van der Waals surface area contributed by atoms with Crippen molar-refractivity contribution in [3.8, 4) is 5.69 Å². The Kier molecular flexibility index (Phi) is 4.59. The lowest BCUT2D eigenvalue weighted by Gasteiger charge is -2.22. The lowest BCUT2D eigenvalue weighted by atomic mass is 10.0. The molecule has 1 atom stereocenters. The molecule has 2 amide bonds. The van der Waals surface area contributed by atoms with Crippen molar-refractivity contribution in [1.29, 1.82) is 0 Å². The number of benzene rings is 2. The fraction of sp³-hybridized carbons (Fsp3) is 0.261. The molecule has 3 aromatic rings. The molecule has 1 aliphatic carbocycles. The van der Waals surface area contributed by atoms with Gasteiger partial charge in [0.25, 0.3) is 5.91 Å². The largest absolute Gasteiger partial charge is 0.344 e. The van der Waals surface area contributed by atoms with Crippen molar-refractivity contribution in [3.05, 3.63) is 82.9 Å². The quantitative estimate of drug-likeness (QED) is 0.677. The number of hydrogen-bond acceptors (Lipinski definition) is 3. The average Bonchev–Trinajstić information content (AvgIpc) is 3.40. The fourth-order valence-corrected chi connectivity index (χ4v) is 4.24. The van der Waals surface area contributed by atoms with Gasteiger partial charge in [-0.3, -0.25) is 9.59 Å². The second kappa shape index (κ2) is 7.29. The summed E-state index contributed by atoms with van der Waals surface area (Å²) in [5, 5.41) is 6.55. The number of amides is 2. The number of fused-ring (bicyclic) bond motifs is 3. The Bertz CT molecular complexity index is 1140. The molecule has 0 saturated heterocycles. The lowest BCUT2D eigenvalue weighted by molar-refractivity contribution is -0.124. The summed E-state index contributed by atoms with van der Waals surface area (Å²) >= 11 is 5.99. The number of nitrogens with zero attached hydrogens (tertiary/aromatic N) is 2. The van der Waals surface area contributed by atoms with Crippen LogP contribution in [-0.2, 0) is 11.2 Å². The second-order valence-electron chi connectivity index (χ2n) is 7.90. The number of rotatable bonds is 4. The van der Waals surface area contributed by atoms with E-state index in [9.17, 15) is 9.59 Å². The molecule has 30 heavy (non-hydrogen) atoms. The smallest absolute Gasteiger partial charge is 0.252 e. The van der Waals surface area contributed by atoms with Crippen molar-refractivity contribution in [3.63, 3.8) is 0 Å². The number of carbonyl (C=O) groups is 2. The topological polar surface area (TPSA) is 76.0 Å². The van der Waals surface area contributed by atoms with Crippen LogP contribution in [0.25, 0.3) is 5.69 Å². The summed E-state index contributed by atoms with van der Waals surface area (Å²) in [4.78, 5) is 30.3. The first kappa shape index (κ1) is 18.9. The maximum absolute atomic E-state index is 13.2. The standard InChI is InChI=1S/C23H21ClN4O2/c24-17-6-3-5-16(14-17)21(29)27-23(10-11-23)22(30)26-18-9-8-15-4-1-2-7-19(15)28-13-12-25-20(18)28/h1-7,12-14,18H,8-11H2,(H,26,30)(H,27,29)/t18-/m1/s1. The number of para-hydroxylation sites is 1.